The van der Waals surface area contributed by atoms with Crippen LogP contribution in [0.5, 0.6) is 0 Å². The standard InChI is InChI=1S/C18H21FN2O/c1-21(13-16-5-3-2-4-6-16)14-18(22)20-12-11-15-7-9-17(19)10-8-15/h2-10H,11-14H2,1H3,(H,20,22)/p+1. The molecular weight excluding hydrogens is 279 g/mol. The van der Waals surface area contributed by atoms with Gasteiger partial charge in [-0.1, -0.05) is 42.5 Å². The van der Waals surface area contributed by atoms with Crippen LogP contribution in [0.4, 0.5) is 4.39 Å². The maximum Gasteiger partial charge on any atom is 0.275 e. The van der Waals surface area contributed by atoms with Crippen LogP contribution in [0.2, 0.25) is 0 Å². The second kappa shape index (κ2) is 8.29. The molecule has 0 bridgehead atoms. The van der Waals surface area contributed by atoms with E-state index in [1.165, 1.54) is 17.7 Å². The molecule has 2 rings (SSSR count). The minimum atomic E-state index is -0.237. The molecule has 2 N–H and O–H groups in total. The summed E-state index contributed by atoms with van der Waals surface area (Å²) in [6.45, 7) is 1.84. The van der Waals surface area contributed by atoms with Crippen LogP contribution in [0.15, 0.2) is 54.6 Å². The van der Waals surface area contributed by atoms with Crippen molar-refractivity contribution in [2.24, 2.45) is 0 Å². The molecule has 0 fully saturated rings. The van der Waals surface area contributed by atoms with Crippen molar-refractivity contribution in [2.45, 2.75) is 13.0 Å². The number of amides is 1. The van der Waals surface area contributed by atoms with Gasteiger partial charge in [0.25, 0.3) is 5.91 Å². The Balaban J connectivity index is 1.68. The van der Waals surface area contributed by atoms with Crippen molar-refractivity contribution in [2.75, 3.05) is 20.1 Å². The van der Waals surface area contributed by atoms with E-state index < -0.39 is 0 Å². The number of carbonyl (C=O) groups excluding carboxylic acids is 1. The van der Waals surface area contributed by atoms with Gasteiger partial charge in [-0.05, 0) is 24.1 Å². The van der Waals surface area contributed by atoms with Crippen molar-refractivity contribution < 1.29 is 14.1 Å². The molecule has 0 aromatic heterocycles. The molecule has 0 saturated carbocycles. The first-order chi connectivity index (χ1) is 10.6. The third-order valence-corrected chi connectivity index (χ3v) is 3.46. The van der Waals surface area contributed by atoms with Crippen LogP contribution in [-0.4, -0.2) is 26.0 Å². The largest absolute Gasteiger partial charge is 0.351 e. The van der Waals surface area contributed by atoms with Gasteiger partial charge in [-0.2, -0.15) is 0 Å². The van der Waals surface area contributed by atoms with E-state index >= 15 is 0 Å². The molecule has 0 saturated heterocycles. The second-order valence-corrected chi connectivity index (χ2v) is 5.52. The van der Waals surface area contributed by atoms with Crippen LogP contribution in [-0.2, 0) is 17.8 Å². The van der Waals surface area contributed by atoms with Gasteiger partial charge in [0.15, 0.2) is 6.54 Å². The third kappa shape index (κ3) is 5.66. The summed E-state index contributed by atoms with van der Waals surface area (Å²) in [5, 5.41) is 2.91. The van der Waals surface area contributed by atoms with Crippen molar-refractivity contribution in [3.63, 3.8) is 0 Å². The molecule has 2 aromatic rings. The molecule has 0 heterocycles. The zero-order valence-corrected chi connectivity index (χ0v) is 12.8. The van der Waals surface area contributed by atoms with Gasteiger partial charge >= 0.3 is 0 Å². The molecule has 4 heteroatoms. The van der Waals surface area contributed by atoms with Crippen molar-refractivity contribution in [3.8, 4) is 0 Å². The summed E-state index contributed by atoms with van der Waals surface area (Å²) in [5.41, 5.74) is 2.24. The smallest absolute Gasteiger partial charge is 0.275 e. The number of halogens is 1. The Kier molecular flexibility index (Phi) is 6.10. The zero-order valence-electron chi connectivity index (χ0n) is 12.8. The number of hydrogen-bond donors (Lipinski definition) is 2. The van der Waals surface area contributed by atoms with Crippen LogP contribution in [0, 0.1) is 5.82 Å². The molecule has 22 heavy (non-hydrogen) atoms. The maximum atomic E-state index is 12.8. The topological polar surface area (TPSA) is 33.5 Å². The van der Waals surface area contributed by atoms with Crippen LogP contribution >= 0.6 is 0 Å². The van der Waals surface area contributed by atoms with E-state index in [-0.39, 0.29) is 11.7 Å². The maximum absolute atomic E-state index is 12.8. The summed E-state index contributed by atoms with van der Waals surface area (Å²) >= 11 is 0. The van der Waals surface area contributed by atoms with Gasteiger partial charge < -0.3 is 10.2 Å². The van der Waals surface area contributed by atoms with E-state index in [0.717, 1.165) is 17.0 Å². The lowest BCUT2D eigenvalue weighted by atomic mass is 10.1. The summed E-state index contributed by atoms with van der Waals surface area (Å²) in [7, 11) is 2.01. The van der Waals surface area contributed by atoms with E-state index in [4.69, 9.17) is 0 Å². The molecule has 116 valence electrons. The van der Waals surface area contributed by atoms with Gasteiger partial charge in [0, 0.05) is 12.1 Å². The molecule has 1 unspecified atom stereocenters. The Morgan fingerprint density at radius 3 is 2.41 bits per heavy atom. The average Bonchev–Trinajstić information content (AvgIpc) is 2.50. The lowest BCUT2D eigenvalue weighted by molar-refractivity contribution is -0.885. The first kappa shape index (κ1) is 16.2. The predicted molar refractivity (Wildman–Crippen MR) is 85.0 cm³/mol. The quantitative estimate of drug-likeness (QED) is 0.792. The Labute approximate surface area is 130 Å². The Hall–Kier alpha value is -2.20. The number of hydrogen-bond acceptors (Lipinski definition) is 1. The molecule has 0 aliphatic heterocycles. The van der Waals surface area contributed by atoms with E-state index in [9.17, 15) is 9.18 Å². The molecule has 1 atom stereocenters. The Morgan fingerprint density at radius 1 is 1.05 bits per heavy atom. The number of rotatable bonds is 7. The normalized spacial score (nSPS) is 11.9. The fourth-order valence-electron chi connectivity index (χ4n) is 2.34. The number of quaternary nitrogens is 1. The minimum Gasteiger partial charge on any atom is -0.351 e. The highest BCUT2D eigenvalue weighted by molar-refractivity contribution is 5.76. The number of likely N-dealkylation sites (N-methyl/N-ethyl adjacent to an activating group) is 1. The Bertz CT molecular complexity index is 584. The van der Waals surface area contributed by atoms with Crippen LogP contribution < -0.4 is 10.2 Å². The molecular formula is C18H22FN2O+. The molecule has 2 aromatic carbocycles. The monoisotopic (exact) mass is 301 g/mol. The third-order valence-electron chi connectivity index (χ3n) is 3.46. The van der Waals surface area contributed by atoms with Crippen molar-refractivity contribution in [3.05, 3.63) is 71.5 Å². The van der Waals surface area contributed by atoms with E-state index in [0.29, 0.717) is 19.5 Å². The fourth-order valence-corrected chi connectivity index (χ4v) is 2.34. The summed E-state index contributed by atoms with van der Waals surface area (Å²) in [6, 6.07) is 16.5. The lowest BCUT2D eigenvalue weighted by Gasteiger charge is -2.14. The first-order valence-corrected chi connectivity index (χ1v) is 7.50. The molecule has 1 amide bonds. The highest BCUT2D eigenvalue weighted by Crippen LogP contribution is 2.02. The lowest BCUT2D eigenvalue weighted by Crippen LogP contribution is -3.08. The Morgan fingerprint density at radius 2 is 1.73 bits per heavy atom. The minimum absolute atomic E-state index is 0.0375. The van der Waals surface area contributed by atoms with Gasteiger partial charge in [0.05, 0.1) is 7.05 Å². The average molecular weight is 301 g/mol. The predicted octanol–water partition coefficient (Wildman–Crippen LogP) is 1.20. The van der Waals surface area contributed by atoms with Gasteiger partial charge in [-0.3, -0.25) is 4.79 Å². The van der Waals surface area contributed by atoms with Gasteiger partial charge in [0.1, 0.15) is 12.4 Å². The zero-order chi connectivity index (χ0) is 15.8. The molecule has 0 spiro atoms. The SMILES string of the molecule is C[NH+](CC(=O)NCCc1ccc(F)cc1)Cc1ccccc1. The number of benzene rings is 2. The van der Waals surface area contributed by atoms with Crippen molar-refractivity contribution in [1.29, 1.82) is 0 Å². The number of carbonyl (C=O) groups is 1. The van der Waals surface area contributed by atoms with Crippen LogP contribution in [0.1, 0.15) is 11.1 Å². The van der Waals surface area contributed by atoms with Crippen LogP contribution in [0.25, 0.3) is 0 Å². The molecule has 0 aliphatic carbocycles. The van der Waals surface area contributed by atoms with E-state index in [1.807, 2.05) is 25.2 Å². The number of nitrogens with one attached hydrogen (secondary N) is 2. The summed E-state index contributed by atoms with van der Waals surface area (Å²) < 4.78 is 12.8. The summed E-state index contributed by atoms with van der Waals surface area (Å²) in [6.07, 6.45) is 0.712. The molecule has 3 nitrogen and oxygen atoms in total. The van der Waals surface area contributed by atoms with Gasteiger partial charge in [-0.15, -0.1) is 0 Å². The summed E-state index contributed by atoms with van der Waals surface area (Å²) in [5.74, 6) is -0.200. The van der Waals surface area contributed by atoms with Gasteiger partial charge in [-0.25, -0.2) is 4.39 Å². The highest BCUT2D eigenvalue weighted by Gasteiger charge is 2.09. The summed E-state index contributed by atoms with van der Waals surface area (Å²) in [4.78, 5) is 13.0. The second-order valence-electron chi connectivity index (χ2n) is 5.52. The molecule has 0 radical (unpaired) electrons. The highest BCUT2D eigenvalue weighted by atomic mass is 19.1. The van der Waals surface area contributed by atoms with E-state index in [1.54, 1.807) is 12.1 Å². The molecule has 0 aliphatic rings. The van der Waals surface area contributed by atoms with Crippen molar-refractivity contribution >= 4 is 5.91 Å². The van der Waals surface area contributed by atoms with E-state index in [2.05, 4.69) is 17.4 Å². The van der Waals surface area contributed by atoms with Crippen molar-refractivity contribution in [1.82, 2.24) is 5.32 Å². The fraction of sp³-hybridized carbons (Fsp3) is 0.278. The van der Waals surface area contributed by atoms with Crippen LogP contribution in [0.3, 0.4) is 0 Å². The van der Waals surface area contributed by atoms with Gasteiger partial charge in [0.2, 0.25) is 0 Å². The first-order valence-electron chi connectivity index (χ1n) is 7.50.